The van der Waals surface area contributed by atoms with Crippen LogP contribution >= 0.6 is 0 Å². The zero-order valence-corrected chi connectivity index (χ0v) is 13.7. The molecule has 0 spiro atoms. The fraction of sp³-hybridized carbons (Fsp3) is 0.300. The molecule has 0 unspecified atom stereocenters. The second kappa shape index (κ2) is 6.37. The van der Waals surface area contributed by atoms with Gasteiger partial charge in [-0.05, 0) is 44.1 Å². The summed E-state index contributed by atoms with van der Waals surface area (Å²) < 4.78 is 0. The van der Waals surface area contributed by atoms with E-state index in [9.17, 15) is 0 Å². The van der Waals surface area contributed by atoms with Gasteiger partial charge in [0, 0.05) is 23.1 Å². The largest absolute Gasteiger partial charge is 0.354 e. The summed E-state index contributed by atoms with van der Waals surface area (Å²) in [4.78, 5) is 5.98. The lowest BCUT2D eigenvalue weighted by Crippen LogP contribution is -2.20. The Morgan fingerprint density at radius 3 is 2.45 bits per heavy atom. The first-order chi connectivity index (χ1) is 10.7. The van der Waals surface area contributed by atoms with E-state index in [0.29, 0.717) is 0 Å². The number of nitrogens with one attached hydrogen (secondary N) is 1. The van der Waals surface area contributed by atoms with Gasteiger partial charge >= 0.3 is 0 Å². The molecule has 0 amide bonds. The van der Waals surface area contributed by atoms with Gasteiger partial charge in [0.05, 0.1) is 0 Å². The number of likely N-dealkylation sites (N-methyl/N-ethyl adjacent to an activating group) is 1. The first-order valence-electron chi connectivity index (χ1n) is 8.04. The van der Waals surface area contributed by atoms with E-state index in [4.69, 9.17) is 0 Å². The van der Waals surface area contributed by atoms with E-state index < -0.39 is 0 Å². The van der Waals surface area contributed by atoms with Crippen LogP contribution in [0.25, 0.3) is 22.2 Å². The molecule has 0 aliphatic rings. The summed E-state index contributed by atoms with van der Waals surface area (Å²) in [7, 11) is 2.18. The molecule has 3 rings (SSSR count). The molecule has 1 heterocycles. The second-order valence-corrected chi connectivity index (χ2v) is 6.04. The molecule has 1 N–H and O–H groups in total. The number of benzene rings is 2. The van der Waals surface area contributed by atoms with Crippen LogP contribution in [-0.2, 0) is 6.42 Å². The average molecular weight is 292 g/mol. The number of aromatic nitrogens is 1. The maximum atomic E-state index is 3.62. The zero-order valence-electron chi connectivity index (χ0n) is 13.7. The summed E-state index contributed by atoms with van der Waals surface area (Å²) in [5, 5.41) is 1.35. The molecule has 0 aliphatic carbocycles. The highest BCUT2D eigenvalue weighted by Gasteiger charge is 2.13. The lowest BCUT2D eigenvalue weighted by molar-refractivity contribution is 0.358. The van der Waals surface area contributed by atoms with Crippen LogP contribution in [0.4, 0.5) is 0 Å². The molecule has 2 nitrogen and oxygen atoms in total. The number of rotatable bonds is 5. The highest BCUT2D eigenvalue weighted by molar-refractivity contribution is 5.90. The predicted molar refractivity (Wildman–Crippen MR) is 95.3 cm³/mol. The minimum Gasteiger partial charge on any atom is -0.354 e. The van der Waals surface area contributed by atoms with Crippen molar-refractivity contribution in [2.75, 3.05) is 20.1 Å². The van der Waals surface area contributed by atoms with Crippen LogP contribution in [0, 0.1) is 6.92 Å². The Balaban J connectivity index is 2.06. The minimum atomic E-state index is 1.07. The maximum absolute atomic E-state index is 3.62. The van der Waals surface area contributed by atoms with Crippen LogP contribution in [0.5, 0.6) is 0 Å². The van der Waals surface area contributed by atoms with Crippen molar-refractivity contribution in [3.05, 3.63) is 59.7 Å². The first-order valence-corrected chi connectivity index (χ1v) is 8.04. The molecule has 0 radical (unpaired) electrons. The molecule has 0 saturated heterocycles. The number of hydrogen-bond donors (Lipinski definition) is 1. The molecule has 2 aromatic carbocycles. The van der Waals surface area contributed by atoms with Gasteiger partial charge in [0.25, 0.3) is 0 Å². The highest BCUT2D eigenvalue weighted by Crippen LogP contribution is 2.31. The van der Waals surface area contributed by atoms with Crippen molar-refractivity contribution in [1.29, 1.82) is 0 Å². The Bertz CT molecular complexity index is 753. The van der Waals surface area contributed by atoms with Crippen molar-refractivity contribution >= 4 is 10.9 Å². The summed E-state index contributed by atoms with van der Waals surface area (Å²) in [6, 6.07) is 17.4. The van der Waals surface area contributed by atoms with Gasteiger partial charge < -0.3 is 9.88 Å². The number of fused-ring (bicyclic) bond motifs is 1. The monoisotopic (exact) mass is 292 g/mol. The lowest BCUT2D eigenvalue weighted by atomic mass is 10.0. The van der Waals surface area contributed by atoms with E-state index in [2.05, 4.69) is 79.3 Å². The van der Waals surface area contributed by atoms with Crippen LogP contribution in [0.2, 0.25) is 0 Å². The fourth-order valence-corrected chi connectivity index (χ4v) is 2.89. The Kier molecular flexibility index (Phi) is 4.30. The molecule has 2 heteroatoms. The molecular weight excluding hydrogens is 268 g/mol. The Labute approximate surface area is 132 Å². The minimum absolute atomic E-state index is 1.07. The third-order valence-corrected chi connectivity index (χ3v) is 4.44. The molecular formula is C20H24N2. The van der Waals surface area contributed by atoms with E-state index in [1.54, 1.807) is 0 Å². The maximum Gasteiger partial charge on any atom is 0.0497 e. The predicted octanol–water partition coefficient (Wildman–Crippen LogP) is 4.64. The molecule has 0 aliphatic heterocycles. The average Bonchev–Trinajstić information content (AvgIpc) is 2.92. The summed E-state index contributed by atoms with van der Waals surface area (Å²) >= 11 is 0. The Morgan fingerprint density at radius 2 is 1.73 bits per heavy atom. The van der Waals surface area contributed by atoms with Gasteiger partial charge in [0.1, 0.15) is 0 Å². The van der Waals surface area contributed by atoms with Crippen molar-refractivity contribution in [2.24, 2.45) is 0 Å². The number of hydrogen-bond acceptors (Lipinski definition) is 1. The molecule has 0 bridgehead atoms. The van der Waals surface area contributed by atoms with Crippen LogP contribution in [0.3, 0.4) is 0 Å². The van der Waals surface area contributed by atoms with Crippen molar-refractivity contribution in [2.45, 2.75) is 20.3 Å². The van der Waals surface area contributed by atoms with Crippen molar-refractivity contribution < 1.29 is 0 Å². The van der Waals surface area contributed by atoms with Gasteiger partial charge in [0.15, 0.2) is 0 Å². The summed E-state index contributed by atoms with van der Waals surface area (Å²) in [5.41, 5.74) is 6.50. The van der Waals surface area contributed by atoms with E-state index in [1.165, 1.54) is 33.3 Å². The number of nitrogens with zero attached hydrogens (tertiary/aromatic N) is 1. The van der Waals surface area contributed by atoms with E-state index in [0.717, 1.165) is 19.5 Å². The number of H-pyrrole nitrogens is 1. The molecule has 3 aromatic rings. The van der Waals surface area contributed by atoms with Gasteiger partial charge in [-0.1, -0.05) is 55.0 Å². The van der Waals surface area contributed by atoms with Gasteiger partial charge in [0.2, 0.25) is 0 Å². The summed E-state index contributed by atoms with van der Waals surface area (Å²) in [5.74, 6) is 0. The SMILES string of the molecule is CCN(C)CCc1c(-c2ccc(C)cc2)[nH]c2ccccc12. The standard InChI is InChI=1S/C20H24N2/c1-4-22(3)14-13-18-17-7-5-6-8-19(17)21-20(18)16-11-9-15(2)10-12-16/h5-12,21H,4,13-14H2,1-3H3. The van der Waals surface area contributed by atoms with E-state index in [1.807, 2.05) is 0 Å². The van der Waals surface area contributed by atoms with Gasteiger partial charge in [-0.3, -0.25) is 0 Å². The topological polar surface area (TPSA) is 19.0 Å². The van der Waals surface area contributed by atoms with Crippen LogP contribution in [-0.4, -0.2) is 30.0 Å². The Morgan fingerprint density at radius 1 is 1.00 bits per heavy atom. The third-order valence-electron chi connectivity index (χ3n) is 4.44. The van der Waals surface area contributed by atoms with Crippen molar-refractivity contribution in [3.63, 3.8) is 0 Å². The van der Waals surface area contributed by atoms with Gasteiger partial charge in [-0.2, -0.15) is 0 Å². The summed E-state index contributed by atoms with van der Waals surface area (Å²) in [6.07, 6.45) is 1.07. The second-order valence-electron chi connectivity index (χ2n) is 6.04. The highest BCUT2D eigenvalue weighted by atomic mass is 15.1. The normalized spacial score (nSPS) is 11.5. The van der Waals surface area contributed by atoms with Crippen molar-refractivity contribution in [3.8, 4) is 11.3 Å². The van der Waals surface area contributed by atoms with E-state index >= 15 is 0 Å². The molecule has 1 aromatic heterocycles. The quantitative estimate of drug-likeness (QED) is 0.726. The van der Waals surface area contributed by atoms with Gasteiger partial charge in [-0.15, -0.1) is 0 Å². The molecule has 22 heavy (non-hydrogen) atoms. The van der Waals surface area contributed by atoms with Gasteiger partial charge in [-0.25, -0.2) is 0 Å². The number of aromatic amines is 1. The fourth-order valence-electron chi connectivity index (χ4n) is 2.89. The van der Waals surface area contributed by atoms with Crippen molar-refractivity contribution in [1.82, 2.24) is 9.88 Å². The summed E-state index contributed by atoms with van der Waals surface area (Å²) in [6.45, 7) is 6.50. The third kappa shape index (κ3) is 2.93. The first kappa shape index (κ1) is 14.9. The Hall–Kier alpha value is -2.06. The van der Waals surface area contributed by atoms with E-state index in [-0.39, 0.29) is 0 Å². The molecule has 0 saturated carbocycles. The number of aryl methyl sites for hydroxylation is 1. The molecule has 0 atom stereocenters. The zero-order chi connectivity index (χ0) is 15.5. The van der Waals surface area contributed by atoms with Crippen LogP contribution in [0.15, 0.2) is 48.5 Å². The molecule has 114 valence electrons. The number of para-hydroxylation sites is 1. The van der Waals surface area contributed by atoms with Crippen LogP contribution in [0.1, 0.15) is 18.1 Å². The van der Waals surface area contributed by atoms with Crippen LogP contribution < -0.4 is 0 Å². The smallest absolute Gasteiger partial charge is 0.0497 e. The molecule has 0 fully saturated rings. The lowest BCUT2D eigenvalue weighted by Gasteiger charge is -2.14.